The highest BCUT2D eigenvalue weighted by atomic mass is 127. The van der Waals surface area contributed by atoms with Crippen LogP contribution in [0.5, 0.6) is 0 Å². The zero-order chi connectivity index (χ0) is 18.7. The summed E-state index contributed by atoms with van der Waals surface area (Å²) in [4.78, 5) is 0. The maximum Gasteiger partial charge on any atom is 0.209 e. The van der Waals surface area contributed by atoms with Gasteiger partial charge < -0.3 is 5.26 Å². The van der Waals surface area contributed by atoms with Crippen molar-refractivity contribution in [2.24, 2.45) is 0 Å². The Morgan fingerprint density at radius 2 is 1.81 bits per heavy atom. The Morgan fingerprint density at radius 3 is 2.50 bits per heavy atom. The van der Waals surface area contributed by atoms with Crippen LogP contribution in [-0.2, 0) is 14.8 Å². The van der Waals surface area contributed by atoms with Crippen LogP contribution in [0.1, 0.15) is 32.8 Å². The van der Waals surface area contributed by atoms with Gasteiger partial charge in [-0.25, -0.2) is 0 Å². The predicted octanol–water partition coefficient (Wildman–Crippen LogP) is 4.62. The average Bonchev–Trinajstić information content (AvgIpc) is 2.82. The van der Waals surface area contributed by atoms with Gasteiger partial charge in [0.05, 0.1) is 5.41 Å². The summed E-state index contributed by atoms with van der Waals surface area (Å²) >= 11 is 3.38. The van der Waals surface area contributed by atoms with Crippen molar-refractivity contribution in [2.75, 3.05) is 12.3 Å². The molecule has 0 atom stereocenters. The van der Waals surface area contributed by atoms with Crippen LogP contribution in [0.3, 0.4) is 0 Å². The van der Waals surface area contributed by atoms with E-state index in [1.165, 1.54) is 31.7 Å². The van der Waals surface area contributed by atoms with Gasteiger partial charge in [0.15, 0.2) is 5.71 Å². The molecule has 1 heterocycles. The van der Waals surface area contributed by atoms with Gasteiger partial charge in [-0.2, -0.15) is 8.91 Å². The average molecular weight is 483 g/mol. The maximum atomic E-state index is 9.86. The summed E-state index contributed by atoms with van der Waals surface area (Å²) in [6.07, 6.45) is 0.903. The number of fused-ring (bicyclic) bond motifs is 1. The Hall–Kier alpha value is -0.930. The zero-order valence-corrected chi connectivity index (χ0v) is 18.1. The van der Waals surface area contributed by atoms with Crippen LogP contribution in [0.2, 0.25) is 0 Å². The first-order valence-corrected chi connectivity index (χ1v) is 10.5. The smallest absolute Gasteiger partial charge is 0.209 e. The molecule has 0 fully saturated rings. The first-order valence-electron chi connectivity index (χ1n) is 8.55. The minimum Gasteiger partial charge on any atom is -0.691 e. The van der Waals surface area contributed by atoms with Crippen LogP contribution in [0.15, 0.2) is 42.5 Å². The molecule has 1 aliphatic rings. The Morgan fingerprint density at radius 1 is 1.12 bits per heavy atom. The second-order valence-corrected chi connectivity index (χ2v) is 8.94. The molecular weight excluding hydrogens is 461 g/mol. The van der Waals surface area contributed by atoms with E-state index >= 15 is 0 Å². The fourth-order valence-electron chi connectivity index (χ4n) is 3.43. The molecule has 0 saturated carbocycles. The molecule has 0 amide bonds. The van der Waals surface area contributed by atoms with Gasteiger partial charge in [-0.3, -0.25) is 5.04 Å². The molecule has 3 rings (SSSR count). The maximum absolute atomic E-state index is 9.86. The molecule has 2 aromatic carbocycles. The second-order valence-electron chi connectivity index (χ2n) is 6.91. The van der Waals surface area contributed by atoms with Crippen molar-refractivity contribution in [3.8, 4) is 11.1 Å². The highest BCUT2D eigenvalue weighted by Crippen LogP contribution is 2.41. The van der Waals surface area contributed by atoms with Gasteiger partial charge in [0, 0.05) is 46.3 Å². The molecule has 138 valence electrons. The van der Waals surface area contributed by atoms with Gasteiger partial charge in [0.1, 0.15) is 6.54 Å². The molecule has 26 heavy (non-hydrogen) atoms. The molecule has 6 heteroatoms. The van der Waals surface area contributed by atoms with E-state index in [-0.39, 0.29) is 5.41 Å². The highest BCUT2D eigenvalue weighted by molar-refractivity contribution is 14.1. The van der Waals surface area contributed by atoms with Crippen LogP contribution in [0, 0.1) is 3.57 Å². The summed E-state index contributed by atoms with van der Waals surface area (Å²) in [5, 5.41) is 13.2. The van der Waals surface area contributed by atoms with E-state index in [1.54, 1.807) is 0 Å². The molecule has 0 aromatic heterocycles. The molecule has 0 aliphatic carbocycles. The highest BCUT2D eigenvalue weighted by Gasteiger charge is 2.42. The predicted molar refractivity (Wildman–Crippen MR) is 112 cm³/mol. The van der Waals surface area contributed by atoms with Crippen molar-refractivity contribution >= 4 is 46.0 Å². The lowest BCUT2D eigenvalue weighted by molar-refractivity contribution is -0.777. The van der Waals surface area contributed by atoms with Crippen molar-refractivity contribution in [2.45, 2.75) is 32.6 Å². The van der Waals surface area contributed by atoms with Crippen molar-refractivity contribution in [3.05, 3.63) is 51.6 Å². The second kappa shape index (κ2) is 8.39. The summed E-state index contributed by atoms with van der Waals surface area (Å²) < 4.78 is 7.97. The van der Waals surface area contributed by atoms with E-state index in [4.69, 9.17) is 0 Å². The summed E-state index contributed by atoms with van der Waals surface area (Å²) in [6.45, 7) is 7.65. The van der Waals surface area contributed by atoms with Gasteiger partial charge in [-0.05, 0) is 71.8 Å². The third-order valence-electron chi connectivity index (χ3n) is 5.13. The first-order chi connectivity index (χ1) is 12.4. The largest absolute Gasteiger partial charge is 0.691 e. The lowest BCUT2D eigenvalue weighted by Crippen LogP contribution is -2.26. The third-order valence-corrected chi connectivity index (χ3v) is 6.46. The van der Waals surface area contributed by atoms with Gasteiger partial charge in [-0.1, -0.05) is 12.1 Å². The standard InChI is InChI=1S/C20H22INO3S/c1-14-20(2,3)18-13-16(15-5-8-17(21)9-6-15)7-10-19(18)22(14)11-4-12-26-25-24-23/h5-10,13H,4,11-12H2,1-3H3. The number of rotatable bonds is 7. The molecular formula is C20H22INO3S. The van der Waals surface area contributed by atoms with Gasteiger partial charge in [0.25, 0.3) is 0 Å². The van der Waals surface area contributed by atoms with E-state index in [2.05, 4.69) is 99.8 Å². The monoisotopic (exact) mass is 483 g/mol. The van der Waals surface area contributed by atoms with Gasteiger partial charge >= 0.3 is 0 Å². The molecule has 0 N–H and O–H groups in total. The van der Waals surface area contributed by atoms with Crippen LogP contribution >= 0.6 is 34.6 Å². The molecule has 0 spiro atoms. The molecule has 0 bridgehead atoms. The lowest BCUT2D eigenvalue weighted by atomic mass is 9.81. The zero-order valence-electron chi connectivity index (χ0n) is 15.1. The van der Waals surface area contributed by atoms with Crippen molar-refractivity contribution < 1.29 is 19.2 Å². The van der Waals surface area contributed by atoms with Gasteiger partial charge in [-0.15, -0.1) is 0 Å². The van der Waals surface area contributed by atoms with Crippen LogP contribution in [-0.4, -0.2) is 22.6 Å². The molecule has 0 unspecified atom stereocenters. The Labute approximate surface area is 172 Å². The van der Waals surface area contributed by atoms with E-state index in [1.807, 2.05) is 0 Å². The molecule has 4 nitrogen and oxygen atoms in total. The van der Waals surface area contributed by atoms with E-state index in [0.717, 1.165) is 25.0 Å². The summed E-state index contributed by atoms with van der Waals surface area (Å²) in [7, 11) is 0. The van der Waals surface area contributed by atoms with Crippen LogP contribution in [0.4, 0.5) is 5.69 Å². The van der Waals surface area contributed by atoms with E-state index in [9.17, 15) is 5.26 Å². The third kappa shape index (κ3) is 3.99. The van der Waals surface area contributed by atoms with Crippen LogP contribution < -0.4 is 5.26 Å². The number of hydrogen-bond donors (Lipinski definition) is 0. The van der Waals surface area contributed by atoms with Crippen LogP contribution in [0.25, 0.3) is 11.1 Å². The minimum atomic E-state index is -0.00365. The fraction of sp³-hybridized carbons (Fsp3) is 0.350. The Bertz CT molecular complexity index is 818. The molecule has 2 aromatic rings. The summed E-state index contributed by atoms with van der Waals surface area (Å²) in [5.41, 5.74) is 6.46. The molecule has 0 saturated heterocycles. The number of nitrogens with zero attached hydrogens (tertiary/aromatic N) is 1. The first kappa shape index (κ1) is 19.8. The Kier molecular flexibility index (Phi) is 6.40. The van der Waals surface area contributed by atoms with E-state index < -0.39 is 0 Å². The quantitative estimate of drug-likeness (QED) is 0.144. The van der Waals surface area contributed by atoms with Gasteiger partial charge in [0.2, 0.25) is 5.69 Å². The summed E-state index contributed by atoms with van der Waals surface area (Å²) in [6, 6.07) is 15.4. The number of halogens is 1. The Balaban J connectivity index is 1.86. The summed E-state index contributed by atoms with van der Waals surface area (Å²) in [5.74, 6) is 0.711. The minimum absolute atomic E-state index is 0.00365. The van der Waals surface area contributed by atoms with Crippen molar-refractivity contribution in [1.82, 2.24) is 0 Å². The molecule has 0 radical (unpaired) electrons. The number of benzene rings is 2. The SMILES string of the molecule is CC1=[N+](CCCSOO[O-])c2ccc(-c3ccc(I)cc3)cc2C1(C)C. The lowest BCUT2D eigenvalue weighted by Gasteiger charge is -2.16. The molecule has 1 aliphatic heterocycles. The normalized spacial score (nSPS) is 15.4. The fourth-order valence-corrected chi connectivity index (χ4v) is 4.14. The number of hydrogen-bond acceptors (Lipinski definition) is 4. The van der Waals surface area contributed by atoms with E-state index in [0.29, 0.717) is 5.75 Å². The topological polar surface area (TPSA) is 44.5 Å². The van der Waals surface area contributed by atoms with Crippen molar-refractivity contribution in [1.29, 1.82) is 0 Å². The van der Waals surface area contributed by atoms with Crippen molar-refractivity contribution in [3.63, 3.8) is 0 Å².